The molecule has 172 valence electrons. The quantitative estimate of drug-likeness (QED) is 0.0984. The van der Waals surface area contributed by atoms with Gasteiger partial charge in [0.05, 0.1) is 0 Å². The summed E-state index contributed by atoms with van der Waals surface area (Å²) in [5, 5.41) is 6.06. The van der Waals surface area contributed by atoms with Crippen LogP contribution in [0, 0.1) is 0 Å². The summed E-state index contributed by atoms with van der Waals surface area (Å²) in [6.07, 6.45) is 0. The molecule has 3 unspecified atom stereocenters. The molecule has 0 radical (unpaired) electrons. The summed E-state index contributed by atoms with van der Waals surface area (Å²) < 4.78 is 2.05. The van der Waals surface area contributed by atoms with Crippen molar-refractivity contribution in [3.8, 4) is 0 Å². The van der Waals surface area contributed by atoms with Crippen LogP contribution in [-0.4, -0.2) is 55.1 Å². The van der Waals surface area contributed by atoms with Gasteiger partial charge in [-0.1, -0.05) is 71.7 Å². The molecule has 1 aromatic carbocycles. The number of carbonyl (C=O) groups excluding carboxylic acids is 3. The smallest absolute Gasteiger partial charge is 0.328 e. The second-order valence-corrected chi connectivity index (χ2v) is 11.3. The number of alkyl halides is 3. The largest absolute Gasteiger partial charge is 0.460 e. The summed E-state index contributed by atoms with van der Waals surface area (Å²) in [4.78, 5) is 39.0. The maximum absolute atomic E-state index is 12.8. The lowest BCUT2D eigenvalue weighted by Crippen LogP contribution is -2.67. The topological polar surface area (TPSA) is 140 Å². The predicted molar refractivity (Wildman–Crippen MR) is 124 cm³/mol. The fourth-order valence-corrected chi connectivity index (χ4v) is 5.15. The molecule has 2 heterocycles. The van der Waals surface area contributed by atoms with Gasteiger partial charge in [0.15, 0.2) is 4.75 Å². The predicted octanol–water partition coefficient (Wildman–Crippen LogP) is 1.59. The van der Waals surface area contributed by atoms with Crippen LogP contribution in [0.15, 0.2) is 47.7 Å². The fourth-order valence-electron chi connectivity index (χ4n) is 3.45. The van der Waals surface area contributed by atoms with Gasteiger partial charge in [-0.25, -0.2) is 0 Å². The number of hydrogen-bond donors (Lipinski definition) is 3. The Morgan fingerprint density at radius 1 is 1.38 bits per heavy atom. The van der Waals surface area contributed by atoms with Crippen molar-refractivity contribution in [2.75, 3.05) is 6.61 Å². The molecule has 2 aliphatic rings. The van der Waals surface area contributed by atoms with Crippen LogP contribution in [-0.2, 0) is 19.1 Å². The number of amides is 2. The van der Waals surface area contributed by atoms with Crippen LogP contribution in [0.25, 0.3) is 0 Å². The van der Waals surface area contributed by atoms with E-state index in [2.05, 4.69) is 17.0 Å². The van der Waals surface area contributed by atoms with E-state index in [1.807, 2.05) is 0 Å². The van der Waals surface area contributed by atoms with Crippen LogP contribution < -0.4 is 16.9 Å². The van der Waals surface area contributed by atoms with Crippen LogP contribution >= 0.6 is 46.6 Å². The second kappa shape index (κ2) is 9.01. The summed E-state index contributed by atoms with van der Waals surface area (Å²) >= 11 is 18.1. The Balaban J connectivity index is 1.77. The number of halogens is 3. The van der Waals surface area contributed by atoms with Gasteiger partial charge < -0.3 is 21.6 Å². The number of fused-ring (bicyclic) bond motifs is 1. The summed E-state index contributed by atoms with van der Waals surface area (Å²) in [6, 6.07) is 7.82. The van der Waals surface area contributed by atoms with Crippen molar-refractivity contribution in [3.05, 3.63) is 48.2 Å². The number of rotatable bonds is 6. The van der Waals surface area contributed by atoms with E-state index in [-0.39, 0.29) is 17.4 Å². The van der Waals surface area contributed by atoms with E-state index < -0.39 is 44.4 Å². The van der Waals surface area contributed by atoms with E-state index in [0.29, 0.717) is 5.56 Å². The lowest BCUT2D eigenvalue weighted by molar-refractivity contribution is -0.146. The Labute approximate surface area is 203 Å². The molecule has 2 saturated heterocycles. The Bertz CT molecular complexity index is 987. The number of nitrogens with one attached hydrogen (secondary N) is 1. The molecule has 2 amide bonds. The highest BCUT2D eigenvalue weighted by Crippen LogP contribution is 2.53. The van der Waals surface area contributed by atoms with Gasteiger partial charge in [-0.2, -0.15) is 5.10 Å². The van der Waals surface area contributed by atoms with Crippen LogP contribution in [0.5, 0.6) is 0 Å². The molecule has 0 saturated carbocycles. The van der Waals surface area contributed by atoms with Crippen LogP contribution in [0.2, 0.25) is 0 Å². The zero-order chi connectivity index (χ0) is 23.8. The van der Waals surface area contributed by atoms with Crippen molar-refractivity contribution in [2.45, 2.75) is 32.8 Å². The number of hydrazone groups is 1. The minimum absolute atomic E-state index is 0.0281. The summed E-state index contributed by atoms with van der Waals surface area (Å²) in [5.74, 6) is 2.80. The van der Waals surface area contributed by atoms with E-state index in [9.17, 15) is 14.4 Å². The van der Waals surface area contributed by atoms with Crippen molar-refractivity contribution in [2.24, 2.45) is 16.7 Å². The average molecular weight is 521 g/mol. The summed E-state index contributed by atoms with van der Waals surface area (Å²) in [6.45, 7) is 4.99. The first kappa shape index (κ1) is 24.5. The van der Waals surface area contributed by atoms with Crippen molar-refractivity contribution >= 4 is 70.2 Å². The molecule has 9 nitrogen and oxygen atoms in total. The third-order valence-corrected chi connectivity index (χ3v) is 7.06. The lowest BCUT2D eigenvalue weighted by Gasteiger charge is -2.42. The minimum atomic E-state index is -1.77. The summed E-state index contributed by atoms with van der Waals surface area (Å²) in [5.41, 5.74) is 6.37. The van der Waals surface area contributed by atoms with Gasteiger partial charge in [-0.3, -0.25) is 19.3 Å². The van der Waals surface area contributed by atoms with Gasteiger partial charge in [0.2, 0.25) is 9.70 Å². The number of amidine groups is 1. The molecule has 1 aromatic rings. The molecule has 2 aliphatic heterocycles. The van der Waals surface area contributed by atoms with Gasteiger partial charge in [0.1, 0.15) is 29.8 Å². The molecule has 4 atom stereocenters. The highest BCUT2D eigenvalue weighted by Gasteiger charge is 2.63. The van der Waals surface area contributed by atoms with Crippen LogP contribution in [0.1, 0.15) is 18.4 Å². The van der Waals surface area contributed by atoms with Crippen molar-refractivity contribution in [1.29, 1.82) is 0 Å². The highest BCUT2D eigenvalue weighted by molar-refractivity contribution is 8.02. The van der Waals surface area contributed by atoms with Gasteiger partial charge in [-0.05, 0) is 12.5 Å². The van der Waals surface area contributed by atoms with E-state index in [1.165, 1.54) is 4.90 Å². The number of ether oxygens (including phenoxy) is 1. The SMILES string of the molecule is C=C1N2C(=O)C(NC(=NN)C(C(N)=O)c3ccccc3)[C@H]2SC1(C)C(=O)OCC(Cl)(Cl)Cl. The molecule has 13 heteroatoms. The fraction of sp³-hybridized carbons (Fsp3) is 0.368. The molecule has 0 aliphatic carbocycles. The van der Waals surface area contributed by atoms with Crippen molar-refractivity contribution < 1.29 is 19.1 Å². The molecule has 0 bridgehead atoms. The number of thioether (sulfide) groups is 1. The number of β-lactam (4-membered cyclic amide) rings is 1. The Hall–Kier alpha value is -2.14. The first-order valence-electron chi connectivity index (χ1n) is 9.23. The van der Waals surface area contributed by atoms with Gasteiger partial charge in [-0.15, -0.1) is 11.8 Å². The Morgan fingerprint density at radius 3 is 2.53 bits per heavy atom. The summed E-state index contributed by atoms with van der Waals surface area (Å²) in [7, 11) is 0. The monoisotopic (exact) mass is 519 g/mol. The lowest BCUT2D eigenvalue weighted by atomic mass is 9.95. The molecule has 0 spiro atoms. The van der Waals surface area contributed by atoms with E-state index in [4.69, 9.17) is 51.1 Å². The maximum atomic E-state index is 12.8. The number of primary amides is 1. The minimum Gasteiger partial charge on any atom is -0.460 e. The third kappa shape index (κ3) is 4.50. The van der Waals surface area contributed by atoms with E-state index in [1.54, 1.807) is 37.3 Å². The number of benzene rings is 1. The van der Waals surface area contributed by atoms with E-state index >= 15 is 0 Å². The molecule has 2 fully saturated rings. The zero-order valence-corrected chi connectivity index (χ0v) is 19.8. The molecule has 32 heavy (non-hydrogen) atoms. The number of carbonyl (C=O) groups is 3. The van der Waals surface area contributed by atoms with Crippen LogP contribution in [0.3, 0.4) is 0 Å². The van der Waals surface area contributed by atoms with E-state index in [0.717, 1.165) is 11.8 Å². The molecular formula is C19H20Cl3N5O4S. The van der Waals surface area contributed by atoms with Crippen molar-refractivity contribution in [3.63, 3.8) is 0 Å². The van der Waals surface area contributed by atoms with Crippen molar-refractivity contribution in [1.82, 2.24) is 10.2 Å². The van der Waals surface area contributed by atoms with Gasteiger partial charge in [0, 0.05) is 5.70 Å². The Morgan fingerprint density at radius 2 is 2.00 bits per heavy atom. The first-order valence-corrected chi connectivity index (χ1v) is 11.2. The highest BCUT2D eigenvalue weighted by atomic mass is 35.6. The zero-order valence-electron chi connectivity index (χ0n) is 16.8. The third-order valence-electron chi connectivity index (χ3n) is 5.13. The number of nitrogens with two attached hydrogens (primary N) is 2. The van der Waals surface area contributed by atoms with Gasteiger partial charge >= 0.3 is 5.97 Å². The molecule has 3 rings (SSSR count). The number of nitrogens with zero attached hydrogens (tertiary/aromatic N) is 2. The standard InChI is InChI=1S/C19H20Cl3N5O4S/c1-9-18(2,17(30)31-8-19(20,21)22)32-16-12(15(29)27(9)16)25-14(26-24)11(13(23)28)10-6-4-3-5-7-10/h3-7,11-12,16H,1,8,24H2,2H3,(H2,23,28)(H,25,26)/t11?,12?,16-,18?/m1/s1. The average Bonchev–Trinajstić information content (AvgIpc) is 2.97. The number of esters is 1. The Kier molecular flexibility index (Phi) is 6.90. The molecular weight excluding hydrogens is 501 g/mol. The second-order valence-electron chi connectivity index (χ2n) is 7.27. The molecule has 0 aromatic heterocycles. The normalized spacial score (nSPS) is 26.2. The first-order chi connectivity index (χ1) is 14.9. The van der Waals surface area contributed by atoms with Gasteiger partial charge in [0.25, 0.3) is 5.91 Å². The number of hydrogen-bond acceptors (Lipinski definition) is 7. The maximum Gasteiger partial charge on any atom is 0.328 e. The molecule has 5 N–H and O–H groups in total. The van der Waals surface area contributed by atoms with Crippen LogP contribution in [0.4, 0.5) is 0 Å².